The molecule has 2 heterocycles. The van der Waals surface area contributed by atoms with Gasteiger partial charge in [-0.1, -0.05) is 0 Å². The minimum absolute atomic E-state index is 0.668. The molecule has 0 radical (unpaired) electrons. The number of aromatic nitrogens is 3. The van der Waals surface area contributed by atoms with Gasteiger partial charge >= 0.3 is 0 Å². The fourth-order valence-corrected chi connectivity index (χ4v) is 1.79. The second-order valence-corrected chi connectivity index (χ2v) is 3.59. The van der Waals surface area contributed by atoms with Gasteiger partial charge in [0, 0.05) is 0 Å². The van der Waals surface area contributed by atoms with Crippen LogP contribution < -0.4 is 0 Å². The van der Waals surface area contributed by atoms with Crippen molar-refractivity contribution >= 4 is 23.6 Å². The normalized spacial score (nSPS) is 10.3. The zero-order valence-corrected chi connectivity index (χ0v) is 7.86. The largest absolute Gasteiger partial charge is 0.302 e. The highest BCUT2D eigenvalue weighted by molar-refractivity contribution is 7.71. The van der Waals surface area contributed by atoms with Gasteiger partial charge in [0.05, 0.1) is 6.54 Å². The lowest BCUT2D eigenvalue weighted by atomic mass is 10.3. The number of hydrogen-bond acceptors (Lipinski definition) is 3. The quantitative estimate of drug-likeness (QED) is 0.747. The summed E-state index contributed by atoms with van der Waals surface area (Å²) < 4.78 is 2.57. The standard InChI is InChI=1S/C7H7N3S2/c11-7-9-8-5-10(7)3-6-1-2-12-4-6/h1-2,4-5H,3H2,(H,9,11). The molecule has 2 aromatic rings. The molecule has 2 rings (SSSR count). The highest BCUT2D eigenvalue weighted by atomic mass is 32.1. The maximum atomic E-state index is 5.01. The molecule has 0 aliphatic carbocycles. The van der Waals surface area contributed by atoms with Crippen LogP contribution in [0.2, 0.25) is 0 Å². The molecule has 62 valence electrons. The third-order valence-electron chi connectivity index (χ3n) is 1.55. The molecule has 0 fully saturated rings. The summed E-state index contributed by atoms with van der Waals surface area (Å²) in [7, 11) is 0. The molecule has 3 nitrogen and oxygen atoms in total. The first kappa shape index (κ1) is 7.70. The molecule has 0 aliphatic rings. The van der Waals surface area contributed by atoms with Crippen LogP contribution in [-0.2, 0) is 6.54 Å². The Morgan fingerprint density at radius 3 is 3.17 bits per heavy atom. The Kier molecular flexibility index (Phi) is 2.05. The minimum Gasteiger partial charge on any atom is -0.302 e. The molecule has 2 aromatic heterocycles. The van der Waals surface area contributed by atoms with E-state index in [2.05, 4.69) is 27.0 Å². The highest BCUT2D eigenvalue weighted by Crippen LogP contribution is 2.07. The average Bonchev–Trinajstić information content (AvgIpc) is 2.65. The van der Waals surface area contributed by atoms with Gasteiger partial charge in [0.2, 0.25) is 0 Å². The number of aromatic amines is 1. The number of hydrogen-bond donors (Lipinski definition) is 1. The second kappa shape index (κ2) is 3.20. The van der Waals surface area contributed by atoms with E-state index < -0.39 is 0 Å². The monoisotopic (exact) mass is 197 g/mol. The van der Waals surface area contributed by atoms with E-state index in [0.29, 0.717) is 4.77 Å². The van der Waals surface area contributed by atoms with Gasteiger partial charge in [-0.25, -0.2) is 0 Å². The molecule has 0 saturated carbocycles. The Hall–Kier alpha value is -0.940. The lowest BCUT2D eigenvalue weighted by Crippen LogP contribution is -1.95. The van der Waals surface area contributed by atoms with Gasteiger partial charge < -0.3 is 4.57 Å². The molecule has 1 N–H and O–H groups in total. The summed E-state index contributed by atoms with van der Waals surface area (Å²) >= 11 is 6.70. The topological polar surface area (TPSA) is 33.6 Å². The van der Waals surface area contributed by atoms with Crippen molar-refractivity contribution in [2.24, 2.45) is 0 Å². The fraction of sp³-hybridized carbons (Fsp3) is 0.143. The van der Waals surface area contributed by atoms with Crippen LogP contribution in [0.1, 0.15) is 5.56 Å². The number of nitrogens with one attached hydrogen (secondary N) is 1. The fourth-order valence-electron chi connectivity index (χ4n) is 0.962. The maximum absolute atomic E-state index is 5.01. The van der Waals surface area contributed by atoms with E-state index in [4.69, 9.17) is 12.2 Å². The number of thiophene rings is 1. The lowest BCUT2D eigenvalue weighted by molar-refractivity contribution is 0.785. The highest BCUT2D eigenvalue weighted by Gasteiger charge is 1.95. The molecule has 0 aliphatic heterocycles. The first-order valence-electron chi connectivity index (χ1n) is 3.47. The summed E-state index contributed by atoms with van der Waals surface area (Å²) in [6.07, 6.45) is 1.71. The molecular weight excluding hydrogens is 190 g/mol. The average molecular weight is 197 g/mol. The first-order chi connectivity index (χ1) is 5.86. The molecule has 0 saturated heterocycles. The van der Waals surface area contributed by atoms with Crippen LogP contribution in [-0.4, -0.2) is 14.8 Å². The van der Waals surface area contributed by atoms with Crippen LogP contribution in [0.15, 0.2) is 23.2 Å². The van der Waals surface area contributed by atoms with E-state index in [0.717, 1.165) is 6.54 Å². The number of H-pyrrole nitrogens is 1. The van der Waals surface area contributed by atoms with E-state index in [1.54, 1.807) is 17.7 Å². The van der Waals surface area contributed by atoms with E-state index >= 15 is 0 Å². The van der Waals surface area contributed by atoms with Crippen LogP contribution in [0, 0.1) is 4.77 Å². The van der Waals surface area contributed by atoms with Crippen molar-refractivity contribution in [3.8, 4) is 0 Å². The van der Waals surface area contributed by atoms with Gasteiger partial charge in [-0.15, -0.1) is 0 Å². The predicted octanol–water partition coefficient (Wildman–Crippen LogP) is 2.05. The maximum Gasteiger partial charge on any atom is 0.195 e. The van der Waals surface area contributed by atoms with Crippen molar-refractivity contribution in [1.29, 1.82) is 0 Å². The second-order valence-electron chi connectivity index (χ2n) is 2.42. The summed E-state index contributed by atoms with van der Waals surface area (Å²) in [5.74, 6) is 0. The van der Waals surface area contributed by atoms with Crippen molar-refractivity contribution < 1.29 is 0 Å². The van der Waals surface area contributed by atoms with Crippen LogP contribution in [0.5, 0.6) is 0 Å². The molecular formula is C7H7N3S2. The van der Waals surface area contributed by atoms with Gasteiger partial charge in [0.25, 0.3) is 0 Å². The van der Waals surface area contributed by atoms with Crippen LogP contribution in [0.3, 0.4) is 0 Å². The zero-order chi connectivity index (χ0) is 8.39. The smallest absolute Gasteiger partial charge is 0.195 e. The first-order valence-corrected chi connectivity index (χ1v) is 4.82. The molecule has 5 heteroatoms. The summed E-state index contributed by atoms with van der Waals surface area (Å²) in [4.78, 5) is 0. The summed E-state index contributed by atoms with van der Waals surface area (Å²) in [6.45, 7) is 0.804. The van der Waals surface area contributed by atoms with E-state index in [1.165, 1.54) is 5.56 Å². The van der Waals surface area contributed by atoms with Gasteiger partial charge in [-0.3, -0.25) is 5.10 Å². The van der Waals surface area contributed by atoms with Crippen LogP contribution >= 0.6 is 23.6 Å². The SMILES string of the molecule is S=c1[nH]ncn1Cc1ccsc1. The van der Waals surface area contributed by atoms with Gasteiger partial charge in [-0.05, 0) is 34.6 Å². The van der Waals surface area contributed by atoms with E-state index in [-0.39, 0.29) is 0 Å². The number of rotatable bonds is 2. The van der Waals surface area contributed by atoms with Crippen molar-refractivity contribution in [3.05, 3.63) is 33.5 Å². The predicted molar refractivity (Wildman–Crippen MR) is 50.8 cm³/mol. The summed E-state index contributed by atoms with van der Waals surface area (Å²) in [5.41, 5.74) is 1.26. The third kappa shape index (κ3) is 1.46. The molecule has 0 atom stereocenters. The third-order valence-corrected chi connectivity index (χ3v) is 2.61. The Morgan fingerprint density at radius 1 is 1.67 bits per heavy atom. The number of nitrogens with zero attached hydrogens (tertiary/aromatic N) is 2. The van der Waals surface area contributed by atoms with Crippen molar-refractivity contribution in [2.75, 3.05) is 0 Å². The van der Waals surface area contributed by atoms with Gasteiger partial charge in [0.15, 0.2) is 4.77 Å². The molecule has 0 unspecified atom stereocenters. The van der Waals surface area contributed by atoms with Crippen molar-refractivity contribution in [1.82, 2.24) is 14.8 Å². The Balaban J connectivity index is 2.25. The van der Waals surface area contributed by atoms with Gasteiger partial charge in [0.1, 0.15) is 6.33 Å². The molecule has 0 spiro atoms. The molecule has 0 amide bonds. The van der Waals surface area contributed by atoms with Crippen LogP contribution in [0.25, 0.3) is 0 Å². The van der Waals surface area contributed by atoms with Gasteiger partial charge in [-0.2, -0.15) is 16.4 Å². The lowest BCUT2D eigenvalue weighted by Gasteiger charge is -1.96. The zero-order valence-electron chi connectivity index (χ0n) is 6.23. The van der Waals surface area contributed by atoms with Crippen LogP contribution in [0.4, 0.5) is 0 Å². The van der Waals surface area contributed by atoms with E-state index in [1.807, 2.05) is 4.57 Å². The minimum atomic E-state index is 0.668. The summed E-state index contributed by atoms with van der Waals surface area (Å²) in [6, 6.07) is 2.08. The molecule has 12 heavy (non-hydrogen) atoms. The van der Waals surface area contributed by atoms with E-state index in [9.17, 15) is 0 Å². The molecule has 0 bridgehead atoms. The van der Waals surface area contributed by atoms with Crippen molar-refractivity contribution in [3.63, 3.8) is 0 Å². The Labute approximate surface area is 78.7 Å². The molecule has 0 aromatic carbocycles. The summed E-state index contributed by atoms with van der Waals surface area (Å²) in [5, 5.41) is 10.7. The Bertz CT molecular complexity index is 398. The van der Waals surface area contributed by atoms with Crippen molar-refractivity contribution in [2.45, 2.75) is 6.54 Å². The Morgan fingerprint density at radius 2 is 2.58 bits per heavy atom.